The summed E-state index contributed by atoms with van der Waals surface area (Å²) in [5.74, 6) is 0.714. The van der Waals surface area contributed by atoms with Crippen LogP contribution in [-0.2, 0) is 4.79 Å². The molecule has 0 saturated carbocycles. The maximum Gasteiger partial charge on any atom is 0.215 e. The molecular formula is C14H18OS3. The van der Waals surface area contributed by atoms with Crippen LogP contribution in [0.25, 0.3) is 6.08 Å². The second kappa shape index (κ2) is 7.97. The van der Waals surface area contributed by atoms with E-state index >= 15 is 0 Å². The monoisotopic (exact) mass is 298 g/mol. The lowest BCUT2D eigenvalue weighted by molar-refractivity contribution is -0.107. The largest absolute Gasteiger partial charge is 0.282 e. The second-order valence-electron chi connectivity index (χ2n) is 4.00. The summed E-state index contributed by atoms with van der Waals surface area (Å²) in [6.07, 6.45) is 3.99. The molecule has 4 heteroatoms. The lowest BCUT2D eigenvalue weighted by atomic mass is 10.1. The molecule has 1 unspecified atom stereocenters. The third-order valence-corrected chi connectivity index (χ3v) is 5.03. The zero-order valence-electron chi connectivity index (χ0n) is 10.8. The Morgan fingerprint density at radius 2 is 2.00 bits per heavy atom. The molecule has 0 N–H and O–H groups in total. The van der Waals surface area contributed by atoms with Gasteiger partial charge in [-0.2, -0.15) is 12.6 Å². The number of hydrogen-bond acceptors (Lipinski definition) is 4. The second-order valence-corrected chi connectivity index (χ2v) is 6.66. The minimum Gasteiger partial charge on any atom is -0.282 e. The van der Waals surface area contributed by atoms with Gasteiger partial charge in [0.25, 0.3) is 0 Å². The molecule has 0 spiro atoms. The Bertz CT molecular complexity index is 423. The van der Waals surface area contributed by atoms with Crippen molar-refractivity contribution >= 4 is 47.3 Å². The third kappa shape index (κ3) is 5.12. The highest BCUT2D eigenvalue weighted by molar-refractivity contribution is 8.15. The van der Waals surface area contributed by atoms with Gasteiger partial charge in [-0.3, -0.25) is 4.79 Å². The maximum absolute atomic E-state index is 11.9. The van der Waals surface area contributed by atoms with E-state index in [-0.39, 0.29) is 10.4 Å². The van der Waals surface area contributed by atoms with Crippen molar-refractivity contribution in [3.63, 3.8) is 0 Å². The lowest BCUT2D eigenvalue weighted by Crippen LogP contribution is -2.04. The number of thiol groups is 1. The summed E-state index contributed by atoms with van der Waals surface area (Å²) in [7, 11) is 0. The van der Waals surface area contributed by atoms with Crippen LogP contribution in [0.4, 0.5) is 0 Å². The van der Waals surface area contributed by atoms with Crippen molar-refractivity contribution in [1.82, 2.24) is 0 Å². The fourth-order valence-electron chi connectivity index (χ4n) is 1.32. The topological polar surface area (TPSA) is 17.1 Å². The predicted octanol–water partition coefficient (Wildman–Crippen LogP) is 4.39. The Balaban J connectivity index is 2.72. The van der Waals surface area contributed by atoms with E-state index < -0.39 is 0 Å². The summed E-state index contributed by atoms with van der Waals surface area (Å²) in [6, 6.07) is 8.21. The fourth-order valence-corrected chi connectivity index (χ4v) is 2.64. The number of hydrogen-bond donors (Lipinski definition) is 1. The van der Waals surface area contributed by atoms with Gasteiger partial charge < -0.3 is 0 Å². The normalized spacial score (nSPS) is 13.4. The van der Waals surface area contributed by atoms with Crippen molar-refractivity contribution < 1.29 is 4.79 Å². The van der Waals surface area contributed by atoms with E-state index in [4.69, 9.17) is 0 Å². The van der Waals surface area contributed by atoms with E-state index in [2.05, 4.69) is 31.0 Å². The van der Waals surface area contributed by atoms with E-state index in [0.29, 0.717) is 5.75 Å². The molecule has 18 heavy (non-hydrogen) atoms. The van der Waals surface area contributed by atoms with Gasteiger partial charge in [-0.05, 0) is 37.0 Å². The van der Waals surface area contributed by atoms with Crippen molar-refractivity contribution in [2.45, 2.75) is 24.0 Å². The first kappa shape index (κ1) is 15.7. The summed E-state index contributed by atoms with van der Waals surface area (Å²) in [5, 5.41) is 0.383. The van der Waals surface area contributed by atoms with E-state index in [1.165, 1.54) is 16.7 Å². The first-order chi connectivity index (χ1) is 8.56. The first-order valence-corrected chi connectivity index (χ1v) is 8.44. The van der Waals surface area contributed by atoms with Gasteiger partial charge in [0.1, 0.15) is 0 Å². The third-order valence-electron chi connectivity index (χ3n) is 2.39. The molecule has 0 saturated heterocycles. The molecule has 98 valence electrons. The summed E-state index contributed by atoms with van der Waals surface area (Å²) in [4.78, 5) is 13.1. The van der Waals surface area contributed by atoms with E-state index in [1.54, 1.807) is 11.8 Å². The highest BCUT2D eigenvalue weighted by atomic mass is 32.2. The van der Waals surface area contributed by atoms with Crippen LogP contribution in [0.2, 0.25) is 0 Å². The SMILES string of the molecule is CSc1ccc(/C=C(\C)C(=O)SC(C)CS)cc1. The molecule has 1 rings (SSSR count). The molecular weight excluding hydrogens is 280 g/mol. The number of carbonyl (C=O) groups excluding carboxylic acids is 1. The quantitative estimate of drug-likeness (QED) is 0.493. The molecule has 1 atom stereocenters. The van der Waals surface area contributed by atoms with E-state index in [9.17, 15) is 4.79 Å². The number of thioether (sulfide) groups is 2. The Morgan fingerprint density at radius 3 is 2.50 bits per heavy atom. The number of carbonyl (C=O) groups is 1. The van der Waals surface area contributed by atoms with Crippen molar-refractivity contribution in [3.8, 4) is 0 Å². The van der Waals surface area contributed by atoms with Crippen LogP contribution in [0.3, 0.4) is 0 Å². The molecule has 0 aromatic heterocycles. The Hall–Kier alpha value is -0.320. The highest BCUT2D eigenvalue weighted by Crippen LogP contribution is 2.20. The van der Waals surface area contributed by atoms with Crippen molar-refractivity contribution in [3.05, 3.63) is 35.4 Å². The molecule has 0 fully saturated rings. The molecule has 0 radical (unpaired) electrons. The van der Waals surface area contributed by atoms with Crippen LogP contribution >= 0.6 is 36.2 Å². The predicted molar refractivity (Wildman–Crippen MR) is 87.8 cm³/mol. The van der Waals surface area contributed by atoms with Crippen molar-refractivity contribution in [1.29, 1.82) is 0 Å². The van der Waals surface area contributed by atoms with Crippen LogP contribution < -0.4 is 0 Å². The molecule has 0 bridgehead atoms. The van der Waals surface area contributed by atoms with Crippen LogP contribution in [0.1, 0.15) is 19.4 Å². The zero-order valence-corrected chi connectivity index (χ0v) is 13.4. The maximum atomic E-state index is 11.9. The first-order valence-electron chi connectivity index (χ1n) is 5.71. The molecule has 1 aromatic carbocycles. The van der Waals surface area contributed by atoms with Gasteiger partial charge in [0.15, 0.2) is 0 Å². The number of rotatable bonds is 5. The lowest BCUT2D eigenvalue weighted by Gasteiger charge is -2.06. The van der Waals surface area contributed by atoms with Gasteiger partial charge in [-0.25, -0.2) is 0 Å². The molecule has 0 aliphatic carbocycles. The van der Waals surface area contributed by atoms with E-state index in [1.807, 2.05) is 32.1 Å². The van der Waals surface area contributed by atoms with Gasteiger partial charge in [-0.15, -0.1) is 11.8 Å². The Kier molecular flexibility index (Phi) is 6.97. The summed E-state index contributed by atoms with van der Waals surface area (Å²) in [6.45, 7) is 3.87. The van der Waals surface area contributed by atoms with Crippen LogP contribution in [-0.4, -0.2) is 22.4 Å². The standard InChI is InChI=1S/C14H18OS3/c1-10(14(15)18-11(2)9-16)8-12-4-6-13(17-3)7-5-12/h4-8,11,16H,9H2,1-3H3/b10-8+. The molecule has 0 heterocycles. The molecule has 1 nitrogen and oxygen atoms in total. The van der Waals surface area contributed by atoms with Crippen molar-refractivity contribution in [2.75, 3.05) is 12.0 Å². The smallest absolute Gasteiger partial charge is 0.215 e. The van der Waals surface area contributed by atoms with Crippen LogP contribution in [0.15, 0.2) is 34.7 Å². The average molecular weight is 298 g/mol. The van der Waals surface area contributed by atoms with Gasteiger partial charge in [-0.1, -0.05) is 30.8 Å². The molecule has 1 aromatic rings. The number of benzene rings is 1. The van der Waals surface area contributed by atoms with Gasteiger partial charge >= 0.3 is 0 Å². The Labute approximate surface area is 123 Å². The van der Waals surface area contributed by atoms with Gasteiger partial charge in [0.2, 0.25) is 5.12 Å². The van der Waals surface area contributed by atoms with Gasteiger partial charge in [0, 0.05) is 21.5 Å². The summed E-state index contributed by atoms with van der Waals surface area (Å²) < 4.78 is 0. The van der Waals surface area contributed by atoms with Crippen LogP contribution in [0, 0.1) is 0 Å². The average Bonchev–Trinajstić information content (AvgIpc) is 2.39. The van der Waals surface area contributed by atoms with Gasteiger partial charge in [0.05, 0.1) is 0 Å². The fraction of sp³-hybridized carbons (Fsp3) is 0.357. The molecule has 0 aliphatic heterocycles. The zero-order chi connectivity index (χ0) is 13.5. The molecule has 0 amide bonds. The van der Waals surface area contributed by atoms with Crippen molar-refractivity contribution in [2.24, 2.45) is 0 Å². The summed E-state index contributed by atoms with van der Waals surface area (Å²) in [5.41, 5.74) is 1.85. The highest BCUT2D eigenvalue weighted by Gasteiger charge is 2.10. The summed E-state index contributed by atoms with van der Waals surface area (Å²) >= 11 is 7.25. The van der Waals surface area contributed by atoms with Crippen LogP contribution in [0.5, 0.6) is 0 Å². The molecule has 0 aliphatic rings. The Morgan fingerprint density at radius 1 is 1.39 bits per heavy atom. The minimum atomic E-state index is 0.130. The van der Waals surface area contributed by atoms with E-state index in [0.717, 1.165) is 11.1 Å². The minimum absolute atomic E-state index is 0.130.